The summed E-state index contributed by atoms with van der Waals surface area (Å²) in [6.07, 6.45) is 5.26. The summed E-state index contributed by atoms with van der Waals surface area (Å²) >= 11 is 0. The molecule has 0 unspecified atom stereocenters. The summed E-state index contributed by atoms with van der Waals surface area (Å²) in [5, 5.41) is 0.644. The second-order valence-corrected chi connectivity index (χ2v) is 6.81. The van der Waals surface area contributed by atoms with Crippen molar-refractivity contribution in [2.24, 2.45) is 0 Å². The number of nitrogens with one attached hydrogen (secondary N) is 1. The fraction of sp³-hybridized carbons (Fsp3) is 0.350. The first kappa shape index (κ1) is 21.0. The zero-order chi connectivity index (χ0) is 19.5. The van der Waals surface area contributed by atoms with Crippen LogP contribution in [0.4, 0.5) is 10.2 Å². The zero-order valence-electron chi connectivity index (χ0n) is 16.1. The standard InChI is InChI=1S/C20H22FN5O2.ClH/c1-28-19-12-22-13-24-20(19)26-8-6-25(7-9-26)5-4-18(27)16-11-23-17-3-2-14(21)10-15(16)17;/h2-3,10-13,23H,4-9H2,1H3;1H. The predicted molar refractivity (Wildman–Crippen MR) is 112 cm³/mol. The van der Waals surface area contributed by atoms with Gasteiger partial charge < -0.3 is 14.6 Å². The van der Waals surface area contributed by atoms with Gasteiger partial charge in [0.2, 0.25) is 0 Å². The third-order valence-electron chi connectivity index (χ3n) is 5.15. The molecular formula is C20H23ClFN5O2. The van der Waals surface area contributed by atoms with Crippen LogP contribution in [0.2, 0.25) is 0 Å². The summed E-state index contributed by atoms with van der Waals surface area (Å²) < 4.78 is 18.8. The van der Waals surface area contributed by atoms with Crippen molar-refractivity contribution in [1.82, 2.24) is 19.9 Å². The summed E-state index contributed by atoms with van der Waals surface area (Å²) in [5.41, 5.74) is 1.33. The third kappa shape index (κ3) is 4.49. The number of halogens is 2. The SMILES string of the molecule is COc1cncnc1N1CCN(CCC(=O)c2c[nH]c3ccc(F)cc23)CC1.Cl. The average molecular weight is 420 g/mol. The second kappa shape index (κ2) is 9.19. The number of H-pyrrole nitrogens is 1. The van der Waals surface area contributed by atoms with Gasteiger partial charge in [-0.3, -0.25) is 9.69 Å². The Labute approximate surface area is 174 Å². The lowest BCUT2D eigenvalue weighted by atomic mass is 10.1. The highest BCUT2D eigenvalue weighted by Gasteiger charge is 2.22. The van der Waals surface area contributed by atoms with E-state index in [1.165, 1.54) is 18.5 Å². The van der Waals surface area contributed by atoms with E-state index in [1.54, 1.807) is 25.6 Å². The van der Waals surface area contributed by atoms with Gasteiger partial charge in [-0.1, -0.05) is 0 Å². The quantitative estimate of drug-likeness (QED) is 0.619. The Hall–Kier alpha value is -2.71. The number of benzene rings is 1. The summed E-state index contributed by atoms with van der Waals surface area (Å²) in [6, 6.07) is 4.45. The van der Waals surface area contributed by atoms with Crippen molar-refractivity contribution in [3.8, 4) is 5.75 Å². The molecule has 0 atom stereocenters. The third-order valence-corrected chi connectivity index (χ3v) is 5.15. The maximum Gasteiger partial charge on any atom is 0.179 e. The van der Waals surface area contributed by atoms with Crippen molar-refractivity contribution in [1.29, 1.82) is 0 Å². The van der Waals surface area contributed by atoms with E-state index in [-0.39, 0.29) is 24.0 Å². The van der Waals surface area contributed by atoms with Crippen LogP contribution in [0.1, 0.15) is 16.8 Å². The minimum atomic E-state index is -0.336. The Morgan fingerprint density at radius 3 is 2.83 bits per heavy atom. The number of piperazine rings is 1. The van der Waals surface area contributed by atoms with Crippen molar-refractivity contribution in [2.75, 3.05) is 44.7 Å². The molecule has 2 aromatic heterocycles. The monoisotopic (exact) mass is 419 g/mol. The number of ketones is 1. The molecule has 7 nitrogen and oxygen atoms in total. The number of fused-ring (bicyclic) bond motifs is 1. The van der Waals surface area contributed by atoms with Gasteiger partial charge in [-0.2, -0.15) is 0 Å². The maximum atomic E-state index is 13.5. The molecule has 0 saturated carbocycles. The minimum absolute atomic E-state index is 0. The van der Waals surface area contributed by atoms with Gasteiger partial charge in [-0.05, 0) is 18.2 Å². The van der Waals surface area contributed by atoms with Crippen LogP contribution in [-0.4, -0.2) is 65.5 Å². The smallest absolute Gasteiger partial charge is 0.179 e. The molecule has 0 radical (unpaired) electrons. The van der Waals surface area contributed by atoms with Crippen LogP contribution in [0.3, 0.4) is 0 Å². The number of Topliss-reactive ketones (excluding diaryl/α,β-unsaturated/α-hetero) is 1. The summed E-state index contributed by atoms with van der Waals surface area (Å²) in [7, 11) is 1.61. The van der Waals surface area contributed by atoms with Gasteiger partial charge in [0.25, 0.3) is 0 Å². The molecule has 1 fully saturated rings. The normalized spacial score (nSPS) is 14.6. The lowest BCUT2D eigenvalue weighted by Crippen LogP contribution is -2.47. The molecule has 0 bridgehead atoms. The van der Waals surface area contributed by atoms with Gasteiger partial charge in [-0.25, -0.2) is 14.4 Å². The number of hydrogen-bond acceptors (Lipinski definition) is 6. The molecule has 154 valence electrons. The number of aromatic nitrogens is 3. The largest absolute Gasteiger partial charge is 0.491 e. The van der Waals surface area contributed by atoms with Gasteiger partial charge in [0.15, 0.2) is 17.4 Å². The van der Waals surface area contributed by atoms with Gasteiger partial charge in [0.05, 0.1) is 13.3 Å². The number of carbonyl (C=O) groups excluding carboxylic acids is 1. The van der Waals surface area contributed by atoms with Crippen LogP contribution in [0.15, 0.2) is 36.9 Å². The first-order valence-corrected chi connectivity index (χ1v) is 9.27. The number of anilines is 1. The van der Waals surface area contributed by atoms with Crippen LogP contribution in [0.25, 0.3) is 10.9 Å². The van der Waals surface area contributed by atoms with Crippen molar-refractivity contribution >= 4 is 34.9 Å². The van der Waals surface area contributed by atoms with Crippen molar-refractivity contribution in [3.63, 3.8) is 0 Å². The van der Waals surface area contributed by atoms with Gasteiger partial charge in [0.1, 0.15) is 12.1 Å². The number of methoxy groups -OCH3 is 1. The molecule has 9 heteroatoms. The Kier molecular flexibility index (Phi) is 6.66. The number of rotatable bonds is 6. The molecule has 3 aromatic rings. The van der Waals surface area contributed by atoms with Gasteiger partial charge >= 0.3 is 0 Å². The number of ether oxygens (including phenoxy) is 1. The molecular weight excluding hydrogens is 397 g/mol. The molecule has 1 aliphatic rings. The average Bonchev–Trinajstić information content (AvgIpc) is 3.15. The number of aromatic amines is 1. The molecule has 1 aromatic carbocycles. The summed E-state index contributed by atoms with van der Waals surface area (Å²) in [6.45, 7) is 3.96. The molecule has 4 rings (SSSR count). The molecule has 3 heterocycles. The Morgan fingerprint density at radius 2 is 2.07 bits per heavy atom. The van der Waals surface area contributed by atoms with Crippen LogP contribution in [0, 0.1) is 5.82 Å². The molecule has 29 heavy (non-hydrogen) atoms. The predicted octanol–water partition coefficient (Wildman–Crippen LogP) is 2.92. The Morgan fingerprint density at radius 1 is 1.28 bits per heavy atom. The molecule has 0 spiro atoms. The highest BCUT2D eigenvalue weighted by molar-refractivity contribution is 6.07. The van der Waals surface area contributed by atoms with Crippen LogP contribution in [0.5, 0.6) is 5.75 Å². The van der Waals surface area contributed by atoms with E-state index in [0.29, 0.717) is 29.7 Å². The van der Waals surface area contributed by atoms with Gasteiger partial charge in [0, 0.05) is 61.8 Å². The number of carbonyl (C=O) groups is 1. The fourth-order valence-corrected chi connectivity index (χ4v) is 3.59. The first-order chi connectivity index (χ1) is 13.7. The lowest BCUT2D eigenvalue weighted by molar-refractivity contribution is 0.0964. The van der Waals surface area contributed by atoms with E-state index in [2.05, 4.69) is 24.8 Å². The molecule has 0 aliphatic carbocycles. The van der Waals surface area contributed by atoms with E-state index in [1.807, 2.05) is 0 Å². The first-order valence-electron chi connectivity index (χ1n) is 9.27. The zero-order valence-corrected chi connectivity index (χ0v) is 16.9. The van der Waals surface area contributed by atoms with Gasteiger partial charge in [-0.15, -0.1) is 12.4 Å². The highest BCUT2D eigenvalue weighted by atomic mass is 35.5. The number of nitrogens with zero attached hydrogens (tertiary/aromatic N) is 4. The van der Waals surface area contributed by atoms with E-state index in [9.17, 15) is 9.18 Å². The van der Waals surface area contributed by atoms with Crippen LogP contribution in [-0.2, 0) is 0 Å². The fourth-order valence-electron chi connectivity index (χ4n) is 3.59. The van der Waals surface area contributed by atoms with E-state index >= 15 is 0 Å². The highest BCUT2D eigenvalue weighted by Crippen LogP contribution is 2.25. The van der Waals surface area contributed by atoms with Crippen LogP contribution >= 0.6 is 12.4 Å². The van der Waals surface area contributed by atoms with Crippen molar-refractivity contribution in [3.05, 3.63) is 48.3 Å². The van der Waals surface area contributed by atoms with E-state index in [0.717, 1.165) is 37.5 Å². The Bertz CT molecular complexity index is 988. The molecule has 1 N–H and O–H groups in total. The number of hydrogen-bond donors (Lipinski definition) is 1. The molecule has 0 amide bonds. The lowest BCUT2D eigenvalue weighted by Gasteiger charge is -2.35. The van der Waals surface area contributed by atoms with E-state index < -0.39 is 0 Å². The van der Waals surface area contributed by atoms with Crippen LogP contribution < -0.4 is 9.64 Å². The Balaban J connectivity index is 0.00000240. The maximum absolute atomic E-state index is 13.5. The van der Waals surface area contributed by atoms with Crippen molar-refractivity contribution < 1.29 is 13.9 Å². The second-order valence-electron chi connectivity index (χ2n) is 6.81. The minimum Gasteiger partial charge on any atom is -0.491 e. The van der Waals surface area contributed by atoms with E-state index in [4.69, 9.17) is 4.74 Å². The summed E-state index contributed by atoms with van der Waals surface area (Å²) in [5.74, 6) is 1.15. The summed E-state index contributed by atoms with van der Waals surface area (Å²) in [4.78, 5) is 28.4. The van der Waals surface area contributed by atoms with Crippen molar-refractivity contribution in [2.45, 2.75) is 6.42 Å². The topological polar surface area (TPSA) is 74.4 Å². The molecule has 1 saturated heterocycles. The molecule has 1 aliphatic heterocycles.